The largest absolute Gasteiger partial charge is 0.379 e. The first kappa shape index (κ1) is 21.2. The smallest absolute Gasteiger partial charge is 0.0934 e. The van der Waals surface area contributed by atoms with Crippen molar-refractivity contribution >= 4 is 0 Å². The van der Waals surface area contributed by atoms with Gasteiger partial charge in [-0.05, 0) is 27.9 Å². The minimum Gasteiger partial charge on any atom is -0.379 e. The Morgan fingerprint density at radius 1 is 0.938 bits per heavy atom. The normalized spacial score (nSPS) is 11.1. The molecule has 0 aliphatic rings. The van der Waals surface area contributed by atoms with Crippen LogP contribution in [0.3, 0.4) is 0 Å². The Morgan fingerprint density at radius 2 is 1.44 bits per heavy atom. The third kappa shape index (κ3) is 19.5. The summed E-state index contributed by atoms with van der Waals surface area (Å²) in [7, 11) is 4.08. The average molecular weight is 235 g/mol. The lowest BCUT2D eigenvalue weighted by Crippen LogP contribution is -2.32. The number of rotatable bonds is 7. The van der Waals surface area contributed by atoms with E-state index in [0.29, 0.717) is 6.61 Å². The van der Waals surface area contributed by atoms with Crippen LogP contribution < -0.4 is 0 Å². The molecule has 0 saturated carbocycles. The van der Waals surface area contributed by atoms with Crippen molar-refractivity contribution < 1.29 is 9.47 Å². The third-order valence-corrected chi connectivity index (χ3v) is 1.48. The molecule has 0 aromatic rings. The van der Waals surface area contributed by atoms with Gasteiger partial charge in [-0.3, -0.25) is 0 Å². The number of likely N-dealkylation sites (N-methyl/N-ethyl adjacent to an activating group) is 1. The first-order chi connectivity index (χ1) is 7.70. The van der Waals surface area contributed by atoms with Crippen LogP contribution in [0.25, 0.3) is 0 Å². The fourth-order valence-electron chi connectivity index (χ4n) is 1.05. The monoisotopic (exact) mass is 235 g/mol. The lowest BCUT2D eigenvalue weighted by Gasteiger charge is -2.20. The molecular formula is C13H33NO2. The van der Waals surface area contributed by atoms with E-state index < -0.39 is 0 Å². The molecule has 102 valence electrons. The highest BCUT2D eigenvalue weighted by atomic mass is 16.5. The number of hydrogen-bond acceptors (Lipinski definition) is 3. The van der Waals surface area contributed by atoms with E-state index in [1.165, 1.54) is 0 Å². The molecular weight excluding hydrogens is 202 g/mol. The fourth-order valence-corrected chi connectivity index (χ4v) is 1.05. The van der Waals surface area contributed by atoms with Crippen molar-refractivity contribution in [3.63, 3.8) is 0 Å². The molecule has 0 aliphatic carbocycles. The van der Waals surface area contributed by atoms with Crippen LogP contribution in [-0.2, 0) is 9.47 Å². The predicted octanol–water partition coefficient (Wildman–Crippen LogP) is 3.04. The van der Waals surface area contributed by atoms with E-state index in [-0.39, 0.29) is 6.10 Å². The van der Waals surface area contributed by atoms with Crippen LogP contribution in [0, 0.1) is 0 Å². The van der Waals surface area contributed by atoms with Crippen LogP contribution >= 0.6 is 0 Å². The minimum atomic E-state index is 0.213. The van der Waals surface area contributed by atoms with Crippen molar-refractivity contribution in [3.8, 4) is 0 Å². The van der Waals surface area contributed by atoms with Crippen LogP contribution in [0.2, 0.25) is 0 Å². The van der Waals surface area contributed by atoms with E-state index in [2.05, 4.69) is 4.90 Å². The van der Waals surface area contributed by atoms with E-state index >= 15 is 0 Å². The van der Waals surface area contributed by atoms with E-state index in [0.717, 1.165) is 19.8 Å². The number of ether oxygens (including phenoxy) is 2. The Bertz CT molecular complexity index is 97.9. The predicted molar refractivity (Wildman–Crippen MR) is 73.2 cm³/mol. The molecule has 3 nitrogen and oxygen atoms in total. The van der Waals surface area contributed by atoms with Crippen molar-refractivity contribution in [2.75, 3.05) is 40.5 Å². The first-order valence-electron chi connectivity index (χ1n) is 6.54. The van der Waals surface area contributed by atoms with E-state index in [1.807, 2.05) is 55.6 Å². The molecule has 1 atom stereocenters. The summed E-state index contributed by atoms with van der Waals surface area (Å²) in [4.78, 5) is 2.11. The molecule has 0 amide bonds. The molecule has 0 radical (unpaired) electrons. The average Bonchev–Trinajstić information content (AvgIpc) is 2.31. The van der Waals surface area contributed by atoms with Gasteiger partial charge in [-0.2, -0.15) is 0 Å². The second-order valence-electron chi connectivity index (χ2n) is 3.00. The minimum absolute atomic E-state index is 0.213. The highest BCUT2D eigenvalue weighted by molar-refractivity contribution is 4.59. The van der Waals surface area contributed by atoms with Gasteiger partial charge in [0.2, 0.25) is 0 Å². The number of hydrogen-bond donors (Lipinski definition) is 0. The van der Waals surface area contributed by atoms with Gasteiger partial charge in [0, 0.05) is 19.8 Å². The van der Waals surface area contributed by atoms with Crippen LogP contribution in [-0.4, -0.2) is 51.5 Å². The first-order valence-corrected chi connectivity index (χ1v) is 6.54. The summed E-state index contributed by atoms with van der Waals surface area (Å²) in [6, 6.07) is 0. The molecule has 0 N–H and O–H groups in total. The summed E-state index contributed by atoms with van der Waals surface area (Å²) in [5, 5.41) is 0. The van der Waals surface area contributed by atoms with Crippen molar-refractivity contribution in [1.82, 2.24) is 4.90 Å². The lowest BCUT2D eigenvalue weighted by molar-refractivity contribution is -0.0193. The Morgan fingerprint density at radius 3 is 1.75 bits per heavy atom. The van der Waals surface area contributed by atoms with Gasteiger partial charge in [-0.1, -0.05) is 27.7 Å². The van der Waals surface area contributed by atoms with Crippen molar-refractivity contribution in [1.29, 1.82) is 0 Å². The molecule has 0 aromatic heterocycles. The van der Waals surface area contributed by atoms with E-state index in [1.54, 1.807) is 0 Å². The topological polar surface area (TPSA) is 21.7 Å². The molecule has 1 unspecified atom stereocenters. The summed E-state index contributed by atoms with van der Waals surface area (Å²) >= 11 is 0. The third-order valence-electron chi connectivity index (χ3n) is 1.48. The van der Waals surface area contributed by atoms with Gasteiger partial charge >= 0.3 is 0 Å². The summed E-state index contributed by atoms with van der Waals surface area (Å²) in [6.07, 6.45) is 0.213. The lowest BCUT2D eigenvalue weighted by atomic mass is 10.3. The zero-order valence-corrected chi connectivity index (χ0v) is 12.7. The molecule has 0 aliphatic heterocycles. The second-order valence-corrected chi connectivity index (χ2v) is 3.00. The Labute approximate surface area is 103 Å². The van der Waals surface area contributed by atoms with Gasteiger partial charge in [0.25, 0.3) is 0 Å². The van der Waals surface area contributed by atoms with Gasteiger partial charge in [-0.25, -0.2) is 0 Å². The number of nitrogens with zero attached hydrogens (tertiary/aromatic N) is 1. The highest BCUT2D eigenvalue weighted by Crippen LogP contribution is 1.95. The molecule has 0 heterocycles. The van der Waals surface area contributed by atoms with Crippen molar-refractivity contribution in [2.24, 2.45) is 0 Å². The SMILES string of the molecule is CC.CC.CCOCC(CN(C)C)OCC. The zero-order valence-electron chi connectivity index (χ0n) is 12.7. The molecule has 0 spiro atoms. The van der Waals surface area contributed by atoms with Gasteiger partial charge in [0.05, 0.1) is 12.7 Å². The molecule has 0 rings (SSSR count). The van der Waals surface area contributed by atoms with Gasteiger partial charge in [0.1, 0.15) is 0 Å². The molecule has 3 heteroatoms. The van der Waals surface area contributed by atoms with Gasteiger partial charge in [0.15, 0.2) is 0 Å². The maximum absolute atomic E-state index is 5.49. The maximum Gasteiger partial charge on any atom is 0.0934 e. The molecule has 0 aromatic carbocycles. The summed E-state index contributed by atoms with van der Waals surface area (Å²) in [6.45, 7) is 15.1. The van der Waals surface area contributed by atoms with Gasteiger partial charge < -0.3 is 14.4 Å². The van der Waals surface area contributed by atoms with Crippen molar-refractivity contribution in [2.45, 2.75) is 47.6 Å². The zero-order chi connectivity index (χ0) is 13.4. The van der Waals surface area contributed by atoms with E-state index in [9.17, 15) is 0 Å². The molecule has 0 saturated heterocycles. The van der Waals surface area contributed by atoms with Gasteiger partial charge in [-0.15, -0.1) is 0 Å². The Balaban J connectivity index is -0.000000376. The second kappa shape index (κ2) is 20.3. The summed E-state index contributed by atoms with van der Waals surface area (Å²) in [5.74, 6) is 0. The maximum atomic E-state index is 5.49. The fraction of sp³-hybridized carbons (Fsp3) is 1.00. The van der Waals surface area contributed by atoms with Crippen LogP contribution in [0.15, 0.2) is 0 Å². The van der Waals surface area contributed by atoms with Crippen LogP contribution in [0.1, 0.15) is 41.5 Å². The summed E-state index contributed by atoms with van der Waals surface area (Å²) in [5.41, 5.74) is 0. The van der Waals surface area contributed by atoms with E-state index in [4.69, 9.17) is 9.47 Å². The molecule has 0 fully saturated rings. The summed E-state index contributed by atoms with van der Waals surface area (Å²) < 4.78 is 10.8. The Hall–Kier alpha value is -0.120. The van der Waals surface area contributed by atoms with Crippen LogP contribution in [0.4, 0.5) is 0 Å². The standard InChI is InChI=1S/C9H21NO2.2C2H6/c1-5-11-8-9(12-6-2)7-10(3)4;2*1-2/h9H,5-8H2,1-4H3;2*1-2H3. The molecule has 0 bridgehead atoms. The Kier molecular flexibility index (Phi) is 26.9. The quantitative estimate of drug-likeness (QED) is 0.677. The highest BCUT2D eigenvalue weighted by Gasteiger charge is 2.08. The molecule has 16 heavy (non-hydrogen) atoms. The van der Waals surface area contributed by atoms with Crippen molar-refractivity contribution in [3.05, 3.63) is 0 Å². The van der Waals surface area contributed by atoms with Crippen LogP contribution in [0.5, 0.6) is 0 Å².